The third-order valence-electron chi connectivity index (χ3n) is 2.54. The van der Waals surface area contributed by atoms with Gasteiger partial charge in [0.15, 0.2) is 6.61 Å². The predicted molar refractivity (Wildman–Crippen MR) is 69.3 cm³/mol. The van der Waals surface area contributed by atoms with E-state index in [1.807, 2.05) is 12.1 Å². The Morgan fingerprint density at radius 2 is 2.10 bits per heavy atom. The van der Waals surface area contributed by atoms with Gasteiger partial charge in [0.05, 0.1) is 29.7 Å². The van der Waals surface area contributed by atoms with E-state index in [9.17, 15) is 9.59 Å². The quantitative estimate of drug-likeness (QED) is 0.747. The summed E-state index contributed by atoms with van der Waals surface area (Å²) in [4.78, 5) is 24.6. The number of nitrogens with zero attached hydrogens (tertiary/aromatic N) is 3. The van der Waals surface area contributed by atoms with Gasteiger partial charge in [0, 0.05) is 13.6 Å². The highest BCUT2D eigenvalue weighted by Gasteiger charge is 2.13. The molecular formula is C14H13N3O3. The van der Waals surface area contributed by atoms with E-state index in [2.05, 4.69) is 0 Å². The number of benzene rings is 1. The second kappa shape index (κ2) is 7.55. The Balaban J connectivity index is 2.53. The van der Waals surface area contributed by atoms with E-state index in [0.717, 1.165) is 0 Å². The van der Waals surface area contributed by atoms with Gasteiger partial charge in [-0.1, -0.05) is 6.07 Å². The molecule has 1 aromatic rings. The number of likely N-dealkylation sites (N-methyl/N-ethyl adjacent to an activating group) is 1. The average molecular weight is 271 g/mol. The van der Waals surface area contributed by atoms with Crippen LogP contribution in [0.15, 0.2) is 24.3 Å². The molecule has 0 radical (unpaired) electrons. The molecule has 0 aliphatic carbocycles. The van der Waals surface area contributed by atoms with Crippen molar-refractivity contribution in [2.75, 3.05) is 20.2 Å². The number of ether oxygens (including phenoxy) is 1. The molecule has 102 valence electrons. The SMILES string of the molecule is CN(CCC#N)C(=O)COC(=O)c1cccc(C#N)c1. The Bertz CT molecular complexity index is 584. The number of rotatable bonds is 5. The molecule has 1 aromatic carbocycles. The van der Waals surface area contributed by atoms with Crippen molar-refractivity contribution in [3.8, 4) is 12.1 Å². The van der Waals surface area contributed by atoms with Gasteiger partial charge in [-0.2, -0.15) is 10.5 Å². The number of carbonyl (C=O) groups excluding carboxylic acids is 2. The number of amides is 1. The highest BCUT2D eigenvalue weighted by Crippen LogP contribution is 2.06. The molecule has 1 amide bonds. The van der Waals surface area contributed by atoms with Gasteiger partial charge in [-0.15, -0.1) is 0 Å². The first kappa shape index (κ1) is 15.2. The van der Waals surface area contributed by atoms with Crippen LogP contribution in [0.4, 0.5) is 0 Å². The van der Waals surface area contributed by atoms with Gasteiger partial charge in [0.25, 0.3) is 5.91 Å². The van der Waals surface area contributed by atoms with Gasteiger partial charge >= 0.3 is 5.97 Å². The molecule has 0 saturated carbocycles. The minimum Gasteiger partial charge on any atom is -0.452 e. The zero-order valence-corrected chi connectivity index (χ0v) is 11.0. The van der Waals surface area contributed by atoms with Crippen LogP contribution in [0, 0.1) is 22.7 Å². The second-order valence-electron chi connectivity index (χ2n) is 3.99. The monoisotopic (exact) mass is 271 g/mol. The highest BCUT2D eigenvalue weighted by molar-refractivity contribution is 5.91. The van der Waals surface area contributed by atoms with Crippen molar-refractivity contribution in [2.24, 2.45) is 0 Å². The number of nitriles is 2. The molecule has 0 fully saturated rings. The molecule has 0 aliphatic heterocycles. The van der Waals surface area contributed by atoms with Gasteiger partial charge in [-0.25, -0.2) is 4.79 Å². The summed E-state index contributed by atoms with van der Waals surface area (Å²) >= 11 is 0. The van der Waals surface area contributed by atoms with Crippen molar-refractivity contribution in [3.05, 3.63) is 35.4 Å². The van der Waals surface area contributed by atoms with Crippen LogP contribution in [0.1, 0.15) is 22.3 Å². The molecule has 0 aliphatic rings. The summed E-state index contributed by atoms with van der Waals surface area (Å²) in [7, 11) is 1.53. The molecule has 6 heteroatoms. The summed E-state index contributed by atoms with van der Waals surface area (Å²) in [6, 6.07) is 9.87. The molecule has 6 nitrogen and oxygen atoms in total. The third kappa shape index (κ3) is 4.43. The van der Waals surface area contributed by atoms with E-state index >= 15 is 0 Å². The smallest absolute Gasteiger partial charge is 0.338 e. The van der Waals surface area contributed by atoms with Gasteiger partial charge < -0.3 is 9.64 Å². The topological polar surface area (TPSA) is 94.2 Å². The molecule has 0 spiro atoms. The van der Waals surface area contributed by atoms with Crippen molar-refractivity contribution in [1.82, 2.24) is 4.90 Å². The maximum absolute atomic E-state index is 11.7. The van der Waals surface area contributed by atoms with Crippen LogP contribution in [-0.4, -0.2) is 37.0 Å². The minimum atomic E-state index is -0.663. The molecule has 0 heterocycles. The number of esters is 1. The predicted octanol–water partition coefficient (Wildman–Crippen LogP) is 1.09. The van der Waals surface area contributed by atoms with Crippen molar-refractivity contribution in [2.45, 2.75) is 6.42 Å². The maximum atomic E-state index is 11.7. The molecule has 20 heavy (non-hydrogen) atoms. The van der Waals surface area contributed by atoms with Gasteiger partial charge in [0.2, 0.25) is 0 Å². The Labute approximate surface area is 116 Å². The molecule has 0 atom stereocenters. The van der Waals surface area contributed by atoms with Crippen LogP contribution < -0.4 is 0 Å². The van der Waals surface area contributed by atoms with E-state index < -0.39 is 12.6 Å². The molecule has 1 rings (SSSR count). The van der Waals surface area contributed by atoms with E-state index in [1.54, 1.807) is 12.1 Å². The molecule has 0 saturated heterocycles. The standard InChI is InChI=1S/C14H13N3O3/c1-17(7-3-6-15)13(18)10-20-14(19)12-5-2-4-11(8-12)9-16/h2,4-5,8H,3,7,10H2,1H3. The highest BCUT2D eigenvalue weighted by atomic mass is 16.5. The largest absolute Gasteiger partial charge is 0.452 e. The fraction of sp³-hybridized carbons (Fsp3) is 0.286. The van der Waals surface area contributed by atoms with Crippen LogP contribution in [-0.2, 0) is 9.53 Å². The summed E-state index contributed by atoms with van der Waals surface area (Å²) in [5, 5.41) is 17.1. The zero-order valence-electron chi connectivity index (χ0n) is 11.0. The Kier molecular flexibility index (Phi) is 5.74. The Morgan fingerprint density at radius 3 is 2.75 bits per heavy atom. The summed E-state index contributed by atoms with van der Waals surface area (Å²) in [5.74, 6) is -1.05. The van der Waals surface area contributed by atoms with Crippen molar-refractivity contribution in [3.63, 3.8) is 0 Å². The van der Waals surface area contributed by atoms with Gasteiger partial charge in [-0.3, -0.25) is 4.79 Å². The lowest BCUT2D eigenvalue weighted by molar-refractivity contribution is -0.133. The van der Waals surface area contributed by atoms with E-state index in [4.69, 9.17) is 15.3 Å². The zero-order chi connectivity index (χ0) is 15.0. The molecule has 0 aromatic heterocycles. The lowest BCUT2D eigenvalue weighted by Crippen LogP contribution is -2.31. The van der Waals surface area contributed by atoms with Crippen LogP contribution >= 0.6 is 0 Å². The second-order valence-corrected chi connectivity index (χ2v) is 3.99. The Hall–Kier alpha value is -2.86. The first-order valence-corrected chi connectivity index (χ1v) is 5.86. The van der Waals surface area contributed by atoms with Crippen molar-refractivity contribution < 1.29 is 14.3 Å². The summed E-state index contributed by atoms with van der Waals surface area (Å²) in [6.07, 6.45) is 0.223. The van der Waals surface area contributed by atoms with Gasteiger partial charge in [0.1, 0.15) is 0 Å². The summed E-state index contributed by atoms with van der Waals surface area (Å²) in [6.45, 7) is -0.103. The fourth-order valence-electron chi connectivity index (χ4n) is 1.38. The lowest BCUT2D eigenvalue weighted by atomic mass is 10.1. The number of carbonyl (C=O) groups is 2. The Morgan fingerprint density at radius 1 is 1.35 bits per heavy atom. The lowest BCUT2D eigenvalue weighted by Gasteiger charge is -2.15. The van der Waals surface area contributed by atoms with Crippen LogP contribution in [0.25, 0.3) is 0 Å². The van der Waals surface area contributed by atoms with E-state index in [1.165, 1.54) is 24.1 Å². The van der Waals surface area contributed by atoms with Crippen LogP contribution in [0.2, 0.25) is 0 Å². The first-order valence-electron chi connectivity index (χ1n) is 5.86. The van der Waals surface area contributed by atoms with Crippen molar-refractivity contribution >= 4 is 11.9 Å². The summed E-state index contributed by atoms with van der Waals surface area (Å²) in [5.41, 5.74) is 0.563. The minimum absolute atomic E-state index is 0.219. The maximum Gasteiger partial charge on any atom is 0.338 e. The fourth-order valence-corrected chi connectivity index (χ4v) is 1.38. The third-order valence-corrected chi connectivity index (χ3v) is 2.54. The van der Waals surface area contributed by atoms with E-state index in [0.29, 0.717) is 5.56 Å². The van der Waals surface area contributed by atoms with E-state index in [-0.39, 0.29) is 24.4 Å². The average Bonchev–Trinajstić information content (AvgIpc) is 2.49. The molecule has 0 bridgehead atoms. The van der Waals surface area contributed by atoms with Crippen LogP contribution in [0.3, 0.4) is 0 Å². The van der Waals surface area contributed by atoms with Gasteiger partial charge in [-0.05, 0) is 18.2 Å². The molecule has 0 unspecified atom stereocenters. The van der Waals surface area contributed by atoms with Crippen LogP contribution in [0.5, 0.6) is 0 Å². The summed E-state index contributed by atoms with van der Waals surface area (Å²) < 4.78 is 4.87. The first-order chi connectivity index (χ1) is 9.58. The molecular weight excluding hydrogens is 258 g/mol. The number of hydrogen-bond donors (Lipinski definition) is 0. The normalized spacial score (nSPS) is 9.15. The molecule has 0 N–H and O–H groups in total. The van der Waals surface area contributed by atoms with Crippen molar-refractivity contribution in [1.29, 1.82) is 10.5 Å². The number of hydrogen-bond acceptors (Lipinski definition) is 5.